The van der Waals surface area contributed by atoms with Crippen LogP contribution in [-0.2, 0) is 24.3 Å². The van der Waals surface area contributed by atoms with Gasteiger partial charge in [-0.05, 0) is 49.4 Å². The number of pyridine rings is 1. The molecule has 1 fully saturated rings. The maximum atomic E-state index is 13.1. The molecule has 0 radical (unpaired) electrons. The zero-order valence-electron chi connectivity index (χ0n) is 18.2. The average Bonchev–Trinajstić information content (AvgIpc) is 2.82. The zero-order valence-corrected chi connectivity index (χ0v) is 18.2. The highest BCUT2D eigenvalue weighted by atomic mass is 16.2. The van der Waals surface area contributed by atoms with Gasteiger partial charge in [0.05, 0.1) is 5.92 Å². The van der Waals surface area contributed by atoms with E-state index in [0.717, 1.165) is 31.4 Å². The van der Waals surface area contributed by atoms with Gasteiger partial charge in [0.1, 0.15) is 5.52 Å². The highest BCUT2D eigenvalue weighted by molar-refractivity contribution is 5.79. The third kappa shape index (κ3) is 4.45. The smallest absolute Gasteiger partial charge is 0.295 e. The minimum Gasteiger partial charge on any atom is -0.352 e. The second kappa shape index (κ2) is 9.29. The van der Waals surface area contributed by atoms with E-state index in [2.05, 4.69) is 46.5 Å². The zero-order chi connectivity index (χ0) is 21.8. The Morgan fingerprint density at radius 1 is 1.16 bits per heavy atom. The van der Waals surface area contributed by atoms with E-state index < -0.39 is 0 Å². The Bertz CT molecular complexity index is 1120. The molecule has 1 amide bonds. The number of anilines is 1. The molecule has 7 nitrogen and oxygen atoms in total. The van der Waals surface area contributed by atoms with Gasteiger partial charge in [-0.25, -0.2) is 9.97 Å². The lowest BCUT2D eigenvalue weighted by Crippen LogP contribution is -2.45. The van der Waals surface area contributed by atoms with E-state index in [4.69, 9.17) is 0 Å². The topological polar surface area (TPSA) is 80.1 Å². The second-order valence-corrected chi connectivity index (χ2v) is 8.00. The van der Waals surface area contributed by atoms with Crippen molar-refractivity contribution < 1.29 is 4.79 Å². The van der Waals surface area contributed by atoms with Crippen LogP contribution >= 0.6 is 0 Å². The van der Waals surface area contributed by atoms with Crippen molar-refractivity contribution in [2.45, 2.75) is 46.2 Å². The van der Waals surface area contributed by atoms with Crippen LogP contribution in [0.3, 0.4) is 0 Å². The van der Waals surface area contributed by atoms with Gasteiger partial charge in [-0.2, -0.15) is 0 Å². The predicted octanol–water partition coefficient (Wildman–Crippen LogP) is 2.91. The van der Waals surface area contributed by atoms with Crippen LogP contribution < -0.4 is 15.8 Å². The molecule has 7 heteroatoms. The van der Waals surface area contributed by atoms with Gasteiger partial charge < -0.3 is 10.2 Å². The van der Waals surface area contributed by atoms with Gasteiger partial charge in [0.15, 0.2) is 11.5 Å². The number of nitrogens with one attached hydrogen (secondary N) is 1. The van der Waals surface area contributed by atoms with E-state index in [-0.39, 0.29) is 17.4 Å². The molecule has 0 bridgehead atoms. The molecule has 1 N–H and O–H groups in total. The number of rotatable bonds is 6. The fourth-order valence-corrected chi connectivity index (χ4v) is 4.17. The first-order valence-electron chi connectivity index (χ1n) is 11.1. The van der Waals surface area contributed by atoms with Crippen LogP contribution in [0.25, 0.3) is 11.2 Å². The molecule has 1 atom stereocenters. The van der Waals surface area contributed by atoms with Crippen LogP contribution in [0.5, 0.6) is 0 Å². The molecule has 0 unspecified atom stereocenters. The van der Waals surface area contributed by atoms with Crippen LogP contribution in [0.1, 0.15) is 37.8 Å². The minimum atomic E-state index is -0.162. The molecule has 31 heavy (non-hydrogen) atoms. The maximum absolute atomic E-state index is 13.1. The number of benzene rings is 1. The van der Waals surface area contributed by atoms with Crippen LogP contribution in [0.4, 0.5) is 5.82 Å². The summed E-state index contributed by atoms with van der Waals surface area (Å²) in [6.45, 7) is 6.32. The Labute approximate surface area is 182 Å². The molecule has 0 aliphatic carbocycles. The lowest BCUT2D eigenvalue weighted by molar-refractivity contribution is -0.125. The molecule has 4 rings (SSSR count). The van der Waals surface area contributed by atoms with Crippen molar-refractivity contribution in [1.82, 2.24) is 19.9 Å². The summed E-state index contributed by atoms with van der Waals surface area (Å²) in [6.07, 6.45) is 4.34. The van der Waals surface area contributed by atoms with E-state index in [9.17, 15) is 9.59 Å². The first-order valence-corrected chi connectivity index (χ1v) is 11.1. The van der Waals surface area contributed by atoms with E-state index in [1.54, 1.807) is 10.8 Å². The van der Waals surface area contributed by atoms with Crippen molar-refractivity contribution in [3.05, 3.63) is 64.1 Å². The fourth-order valence-electron chi connectivity index (χ4n) is 4.17. The van der Waals surface area contributed by atoms with Crippen molar-refractivity contribution in [2.75, 3.05) is 18.0 Å². The van der Waals surface area contributed by atoms with Gasteiger partial charge in [-0.3, -0.25) is 14.2 Å². The van der Waals surface area contributed by atoms with E-state index in [1.807, 2.05) is 24.0 Å². The summed E-state index contributed by atoms with van der Waals surface area (Å²) in [5.41, 5.74) is 3.52. The summed E-state index contributed by atoms with van der Waals surface area (Å²) in [5.74, 6) is 0.280. The van der Waals surface area contributed by atoms with Crippen molar-refractivity contribution in [2.24, 2.45) is 5.92 Å². The Kier molecular flexibility index (Phi) is 6.30. The Morgan fingerprint density at radius 3 is 2.68 bits per heavy atom. The van der Waals surface area contributed by atoms with Gasteiger partial charge in [-0.15, -0.1) is 0 Å². The molecule has 3 aromatic rings. The quantitative estimate of drug-likeness (QED) is 0.665. The van der Waals surface area contributed by atoms with E-state index in [1.165, 1.54) is 5.56 Å². The van der Waals surface area contributed by atoms with Crippen molar-refractivity contribution >= 4 is 22.9 Å². The monoisotopic (exact) mass is 419 g/mol. The number of aromatic nitrogens is 3. The van der Waals surface area contributed by atoms with Crippen molar-refractivity contribution in [1.29, 1.82) is 0 Å². The van der Waals surface area contributed by atoms with Crippen LogP contribution in [-0.4, -0.2) is 33.5 Å². The van der Waals surface area contributed by atoms with Crippen LogP contribution in [0.15, 0.2) is 47.4 Å². The Morgan fingerprint density at radius 2 is 1.94 bits per heavy atom. The molecule has 1 aromatic carbocycles. The van der Waals surface area contributed by atoms with Gasteiger partial charge >= 0.3 is 0 Å². The largest absolute Gasteiger partial charge is 0.352 e. The van der Waals surface area contributed by atoms with E-state index >= 15 is 0 Å². The predicted molar refractivity (Wildman–Crippen MR) is 122 cm³/mol. The standard InChI is InChI=1S/C24H29N5O2/c1-3-17-9-11-18(12-10-17)15-26-23(30)19-7-6-14-28(16-19)22-24(31)29(4-2)21-20(27-22)8-5-13-25-21/h5,8-13,19H,3-4,6-7,14-16H2,1-2H3,(H,26,30)/t19-/m0/s1. The third-order valence-electron chi connectivity index (χ3n) is 5.99. The summed E-state index contributed by atoms with van der Waals surface area (Å²) in [7, 11) is 0. The molecule has 3 heterocycles. The molecular formula is C24H29N5O2. The van der Waals surface area contributed by atoms with Crippen LogP contribution in [0, 0.1) is 5.92 Å². The van der Waals surface area contributed by atoms with Crippen LogP contribution in [0.2, 0.25) is 0 Å². The number of carbonyl (C=O) groups excluding carboxylic acids is 1. The highest BCUT2D eigenvalue weighted by Crippen LogP contribution is 2.21. The maximum Gasteiger partial charge on any atom is 0.295 e. The highest BCUT2D eigenvalue weighted by Gasteiger charge is 2.28. The third-order valence-corrected chi connectivity index (χ3v) is 5.99. The Hall–Kier alpha value is -3.22. The first kappa shape index (κ1) is 21.0. The fraction of sp³-hybridized carbons (Fsp3) is 0.417. The number of piperidine rings is 1. The number of nitrogens with zero attached hydrogens (tertiary/aromatic N) is 4. The number of aryl methyl sites for hydroxylation is 2. The summed E-state index contributed by atoms with van der Waals surface area (Å²) in [6, 6.07) is 12.0. The number of hydrogen-bond donors (Lipinski definition) is 1. The molecule has 162 valence electrons. The average molecular weight is 420 g/mol. The van der Waals surface area contributed by atoms with E-state index in [0.29, 0.717) is 36.6 Å². The van der Waals surface area contributed by atoms with Gasteiger partial charge in [0.2, 0.25) is 5.91 Å². The normalized spacial score (nSPS) is 16.5. The minimum absolute atomic E-state index is 0.0301. The number of fused-ring (bicyclic) bond motifs is 1. The SMILES string of the molecule is CCc1ccc(CNC(=O)[C@H]2CCCN(c3nc4cccnc4n(CC)c3=O)C2)cc1. The number of hydrogen-bond acceptors (Lipinski definition) is 5. The molecule has 0 spiro atoms. The molecule has 2 aromatic heterocycles. The molecular weight excluding hydrogens is 390 g/mol. The Balaban J connectivity index is 1.48. The lowest BCUT2D eigenvalue weighted by Gasteiger charge is -2.32. The van der Waals surface area contributed by atoms with Gasteiger partial charge in [0.25, 0.3) is 5.56 Å². The molecule has 1 saturated heterocycles. The van der Waals surface area contributed by atoms with Gasteiger partial charge in [0, 0.05) is 32.4 Å². The van der Waals surface area contributed by atoms with Crippen molar-refractivity contribution in [3.63, 3.8) is 0 Å². The summed E-state index contributed by atoms with van der Waals surface area (Å²) in [4.78, 5) is 36.8. The lowest BCUT2D eigenvalue weighted by atomic mass is 9.97. The molecule has 0 saturated carbocycles. The summed E-state index contributed by atoms with van der Waals surface area (Å²) >= 11 is 0. The van der Waals surface area contributed by atoms with Gasteiger partial charge in [-0.1, -0.05) is 31.2 Å². The van der Waals surface area contributed by atoms with Crippen molar-refractivity contribution in [3.8, 4) is 0 Å². The molecule has 1 aliphatic heterocycles. The summed E-state index contributed by atoms with van der Waals surface area (Å²) < 4.78 is 1.65. The molecule has 1 aliphatic rings. The summed E-state index contributed by atoms with van der Waals surface area (Å²) in [5, 5.41) is 3.07. The first-order chi connectivity index (χ1) is 15.1. The number of carbonyl (C=O) groups is 1. The second-order valence-electron chi connectivity index (χ2n) is 8.00. The number of amides is 1.